The van der Waals surface area contributed by atoms with Crippen LogP contribution in [0.4, 0.5) is 5.69 Å². The molecule has 2 rings (SSSR count). The van der Waals surface area contributed by atoms with E-state index in [1.807, 2.05) is 24.3 Å². The van der Waals surface area contributed by atoms with Gasteiger partial charge in [-0.15, -0.1) is 0 Å². The van der Waals surface area contributed by atoms with E-state index >= 15 is 0 Å². The van der Waals surface area contributed by atoms with Crippen LogP contribution in [0.1, 0.15) is 65.9 Å². The van der Waals surface area contributed by atoms with Crippen LogP contribution in [0.3, 0.4) is 0 Å². The van der Waals surface area contributed by atoms with Crippen molar-refractivity contribution in [1.29, 1.82) is 0 Å². The maximum atomic E-state index is 12.3. The Kier molecular flexibility index (Phi) is 5.57. The molecular weight excluding hydrogens is 314 g/mol. The lowest BCUT2D eigenvalue weighted by molar-refractivity contribution is -0.787. The molecule has 1 aliphatic rings. The van der Waals surface area contributed by atoms with Gasteiger partial charge in [-0.2, -0.15) is 0 Å². The summed E-state index contributed by atoms with van der Waals surface area (Å²) in [5.41, 5.74) is 1.93. The zero-order valence-corrected chi connectivity index (χ0v) is 16.3. The van der Waals surface area contributed by atoms with Gasteiger partial charge < -0.3 is 16.0 Å². The molecule has 0 radical (unpaired) electrons. The Bertz CT molecular complexity index is 617. The van der Waals surface area contributed by atoms with E-state index in [1.54, 1.807) is 0 Å². The van der Waals surface area contributed by atoms with Gasteiger partial charge in [-0.1, -0.05) is 26.0 Å². The molecule has 1 heterocycles. The summed E-state index contributed by atoms with van der Waals surface area (Å²) in [5.74, 6) is -0.739. The Balaban J connectivity index is 1.95. The monoisotopic (exact) mass is 346 g/mol. The summed E-state index contributed by atoms with van der Waals surface area (Å²) in [6, 6.07) is 7.63. The first kappa shape index (κ1) is 19.4. The van der Waals surface area contributed by atoms with E-state index < -0.39 is 11.8 Å². The molecule has 25 heavy (non-hydrogen) atoms. The van der Waals surface area contributed by atoms with E-state index in [9.17, 15) is 9.59 Å². The number of quaternary nitrogens is 1. The summed E-state index contributed by atoms with van der Waals surface area (Å²) < 4.78 is 0. The number of carbonyl (C=O) groups excluding carboxylic acids is 2. The number of anilines is 1. The van der Waals surface area contributed by atoms with Gasteiger partial charge in [-0.25, -0.2) is 0 Å². The van der Waals surface area contributed by atoms with E-state index in [2.05, 4.69) is 57.5 Å². The lowest BCUT2D eigenvalue weighted by atomic mass is 9.79. The molecule has 1 aromatic rings. The highest BCUT2D eigenvalue weighted by molar-refractivity contribution is 6.39. The number of amides is 2. The fourth-order valence-electron chi connectivity index (χ4n) is 4.01. The summed E-state index contributed by atoms with van der Waals surface area (Å²) >= 11 is 0. The van der Waals surface area contributed by atoms with Gasteiger partial charge in [-0.3, -0.25) is 9.59 Å². The Labute approximate surface area is 151 Å². The zero-order chi connectivity index (χ0) is 18.8. The maximum Gasteiger partial charge on any atom is 0.313 e. The molecule has 0 spiro atoms. The minimum absolute atomic E-state index is 0.0107. The van der Waals surface area contributed by atoms with Crippen LogP contribution in [-0.4, -0.2) is 28.9 Å². The number of hydrogen-bond acceptors (Lipinski definition) is 2. The summed E-state index contributed by atoms with van der Waals surface area (Å²) in [4.78, 5) is 24.5. The molecular formula is C20H32N3O2+. The summed E-state index contributed by atoms with van der Waals surface area (Å²) in [5, 5.41) is 7.94. The largest absolute Gasteiger partial charge is 0.345 e. The Morgan fingerprint density at radius 3 is 2.00 bits per heavy atom. The number of benzene rings is 1. The van der Waals surface area contributed by atoms with Gasteiger partial charge in [0.2, 0.25) is 0 Å². The molecule has 5 nitrogen and oxygen atoms in total. The van der Waals surface area contributed by atoms with E-state index in [1.165, 1.54) is 5.56 Å². The van der Waals surface area contributed by atoms with Crippen molar-refractivity contribution in [2.24, 2.45) is 0 Å². The van der Waals surface area contributed by atoms with E-state index in [-0.39, 0.29) is 17.1 Å². The Hall–Kier alpha value is -1.88. The van der Waals surface area contributed by atoms with Crippen LogP contribution in [0, 0.1) is 0 Å². The lowest BCUT2D eigenvalue weighted by Gasteiger charge is -2.43. The first-order valence-corrected chi connectivity index (χ1v) is 9.06. The summed E-state index contributed by atoms with van der Waals surface area (Å²) in [7, 11) is 0. The molecule has 5 heteroatoms. The number of piperidine rings is 1. The minimum atomic E-state index is -0.609. The first-order chi connectivity index (χ1) is 11.5. The van der Waals surface area contributed by atoms with Gasteiger partial charge in [0.1, 0.15) is 0 Å². The molecule has 2 amide bonds. The van der Waals surface area contributed by atoms with Crippen molar-refractivity contribution in [2.45, 2.75) is 77.4 Å². The first-order valence-electron chi connectivity index (χ1n) is 9.06. The molecule has 4 N–H and O–H groups in total. The predicted octanol–water partition coefficient (Wildman–Crippen LogP) is 2.15. The van der Waals surface area contributed by atoms with Gasteiger partial charge in [0, 0.05) is 24.6 Å². The van der Waals surface area contributed by atoms with Crippen LogP contribution in [0.15, 0.2) is 24.3 Å². The van der Waals surface area contributed by atoms with Gasteiger partial charge in [0.05, 0.1) is 11.1 Å². The highest BCUT2D eigenvalue weighted by Gasteiger charge is 2.42. The van der Waals surface area contributed by atoms with Crippen LogP contribution in [0.5, 0.6) is 0 Å². The van der Waals surface area contributed by atoms with Crippen LogP contribution in [0.25, 0.3) is 0 Å². The van der Waals surface area contributed by atoms with Crippen molar-refractivity contribution in [3.05, 3.63) is 29.8 Å². The molecule has 0 unspecified atom stereocenters. The lowest BCUT2D eigenvalue weighted by Crippen LogP contribution is -3.06. The van der Waals surface area contributed by atoms with Crippen LogP contribution in [-0.2, 0) is 9.59 Å². The van der Waals surface area contributed by atoms with Gasteiger partial charge >= 0.3 is 11.8 Å². The third-order valence-corrected chi connectivity index (χ3v) is 4.70. The second kappa shape index (κ2) is 7.16. The fraction of sp³-hybridized carbons (Fsp3) is 0.600. The quantitative estimate of drug-likeness (QED) is 0.734. The highest BCUT2D eigenvalue weighted by Crippen LogP contribution is 2.22. The van der Waals surface area contributed by atoms with Crippen molar-refractivity contribution in [2.75, 3.05) is 5.32 Å². The molecule has 0 saturated carbocycles. The normalized spacial score (nSPS) is 19.5. The van der Waals surface area contributed by atoms with E-state index in [4.69, 9.17) is 0 Å². The average Bonchev–Trinajstić information content (AvgIpc) is 2.44. The van der Waals surface area contributed by atoms with Crippen molar-refractivity contribution in [3.8, 4) is 0 Å². The highest BCUT2D eigenvalue weighted by atomic mass is 16.2. The predicted molar refractivity (Wildman–Crippen MR) is 100 cm³/mol. The second-order valence-corrected chi connectivity index (χ2v) is 8.93. The third-order valence-electron chi connectivity index (χ3n) is 4.70. The topological polar surface area (TPSA) is 74.8 Å². The van der Waals surface area contributed by atoms with Crippen molar-refractivity contribution in [3.63, 3.8) is 0 Å². The van der Waals surface area contributed by atoms with E-state index in [0.717, 1.165) is 12.8 Å². The summed E-state index contributed by atoms with van der Waals surface area (Å²) in [6.45, 7) is 12.9. The molecule has 1 fully saturated rings. The maximum absolute atomic E-state index is 12.3. The minimum Gasteiger partial charge on any atom is -0.345 e. The van der Waals surface area contributed by atoms with Gasteiger partial charge in [0.25, 0.3) is 0 Å². The average molecular weight is 346 g/mol. The Morgan fingerprint density at radius 2 is 1.52 bits per heavy atom. The number of nitrogens with two attached hydrogens (primary N) is 1. The molecule has 1 aliphatic heterocycles. The molecule has 1 saturated heterocycles. The molecule has 0 aromatic heterocycles. The Morgan fingerprint density at radius 1 is 1.00 bits per heavy atom. The third kappa shape index (κ3) is 5.56. The fourth-order valence-corrected chi connectivity index (χ4v) is 4.01. The molecule has 0 bridgehead atoms. The molecule has 1 aromatic carbocycles. The van der Waals surface area contributed by atoms with Crippen molar-refractivity contribution >= 4 is 17.5 Å². The van der Waals surface area contributed by atoms with Crippen molar-refractivity contribution in [1.82, 2.24) is 5.32 Å². The molecule has 0 aliphatic carbocycles. The standard InChI is InChI=1S/C20H31N3O2/c1-13(2)14-7-9-15(10-8-14)21-17(24)18(25)22-16-11-19(3,4)23-20(5,6)12-16/h7-10,13,16,23H,11-12H2,1-6H3,(H,21,24)(H,22,25)/p+1. The summed E-state index contributed by atoms with van der Waals surface area (Å²) in [6.07, 6.45) is 1.69. The number of hydrogen-bond donors (Lipinski definition) is 3. The number of carbonyl (C=O) groups is 2. The van der Waals surface area contributed by atoms with Crippen LogP contribution < -0.4 is 16.0 Å². The zero-order valence-electron chi connectivity index (χ0n) is 16.3. The van der Waals surface area contributed by atoms with Crippen LogP contribution >= 0.6 is 0 Å². The van der Waals surface area contributed by atoms with Gasteiger partial charge in [0.15, 0.2) is 0 Å². The number of rotatable bonds is 3. The van der Waals surface area contributed by atoms with Gasteiger partial charge in [-0.05, 0) is 51.3 Å². The number of nitrogens with one attached hydrogen (secondary N) is 2. The molecule has 0 atom stereocenters. The van der Waals surface area contributed by atoms with Crippen molar-refractivity contribution < 1.29 is 14.9 Å². The second-order valence-electron chi connectivity index (χ2n) is 8.93. The SMILES string of the molecule is CC(C)c1ccc(NC(=O)C(=O)NC2CC(C)(C)[NH2+]C(C)(C)C2)cc1. The molecule has 138 valence electrons. The smallest absolute Gasteiger partial charge is 0.313 e. The van der Waals surface area contributed by atoms with Crippen LogP contribution in [0.2, 0.25) is 0 Å². The van der Waals surface area contributed by atoms with E-state index in [0.29, 0.717) is 11.6 Å².